The minimum atomic E-state index is -4.13. The smallest absolute Gasteiger partial charge is 0.383 e. The molecule has 1 N–H and O–H groups in total. The molecule has 0 spiro atoms. The van der Waals surface area contributed by atoms with Gasteiger partial charge in [-0.05, 0) is 6.42 Å². The van der Waals surface area contributed by atoms with Crippen LogP contribution < -0.4 is 5.32 Å². The van der Waals surface area contributed by atoms with Crippen LogP contribution in [0.25, 0.3) is 0 Å². The van der Waals surface area contributed by atoms with E-state index in [0.29, 0.717) is 19.7 Å². The maximum Gasteiger partial charge on any atom is 0.394 e. The van der Waals surface area contributed by atoms with Gasteiger partial charge < -0.3 is 10.1 Å². The SMILES string of the molecule is CCCC(COC)N1CCNCC(C(F)(F)F)C1. The number of hydrogen-bond acceptors (Lipinski definition) is 3. The summed E-state index contributed by atoms with van der Waals surface area (Å²) in [5.74, 6) is -1.28. The first-order valence-corrected chi connectivity index (χ1v) is 6.49. The first-order valence-electron chi connectivity index (χ1n) is 6.49. The molecule has 6 heteroatoms. The average molecular weight is 268 g/mol. The lowest BCUT2D eigenvalue weighted by atomic mass is 10.1. The van der Waals surface area contributed by atoms with Gasteiger partial charge in [0, 0.05) is 39.3 Å². The number of methoxy groups -OCH3 is 1. The molecule has 18 heavy (non-hydrogen) atoms. The summed E-state index contributed by atoms with van der Waals surface area (Å²) in [6, 6.07) is 0.0877. The van der Waals surface area contributed by atoms with Crippen LogP contribution in [0.4, 0.5) is 13.2 Å². The molecule has 2 unspecified atom stereocenters. The summed E-state index contributed by atoms with van der Waals surface area (Å²) < 4.78 is 43.6. The molecule has 1 rings (SSSR count). The van der Waals surface area contributed by atoms with E-state index in [0.717, 1.165) is 12.8 Å². The van der Waals surface area contributed by atoms with Crippen LogP contribution in [-0.2, 0) is 4.74 Å². The molecule has 0 saturated carbocycles. The second kappa shape index (κ2) is 7.31. The second-order valence-electron chi connectivity index (χ2n) is 4.84. The van der Waals surface area contributed by atoms with Crippen LogP contribution in [-0.4, -0.2) is 57.0 Å². The zero-order chi connectivity index (χ0) is 13.6. The summed E-state index contributed by atoms with van der Waals surface area (Å²) in [5, 5.41) is 2.87. The lowest BCUT2D eigenvalue weighted by Gasteiger charge is -2.32. The summed E-state index contributed by atoms with van der Waals surface area (Å²) in [4.78, 5) is 1.92. The number of nitrogens with zero attached hydrogens (tertiary/aromatic N) is 1. The number of hydrogen-bond donors (Lipinski definition) is 1. The highest BCUT2D eigenvalue weighted by Gasteiger charge is 2.41. The van der Waals surface area contributed by atoms with Crippen LogP contribution in [0, 0.1) is 5.92 Å². The Morgan fingerprint density at radius 3 is 2.72 bits per heavy atom. The largest absolute Gasteiger partial charge is 0.394 e. The fourth-order valence-electron chi connectivity index (χ4n) is 2.39. The third kappa shape index (κ3) is 4.74. The Kier molecular flexibility index (Phi) is 6.38. The first-order chi connectivity index (χ1) is 8.49. The molecule has 1 saturated heterocycles. The van der Waals surface area contributed by atoms with Crippen molar-refractivity contribution in [2.75, 3.05) is 39.9 Å². The molecule has 0 aromatic rings. The van der Waals surface area contributed by atoms with Crippen molar-refractivity contribution in [1.82, 2.24) is 10.2 Å². The molecule has 0 amide bonds. The van der Waals surface area contributed by atoms with E-state index in [4.69, 9.17) is 4.74 Å². The van der Waals surface area contributed by atoms with Crippen molar-refractivity contribution in [3.63, 3.8) is 0 Å². The fraction of sp³-hybridized carbons (Fsp3) is 1.00. The van der Waals surface area contributed by atoms with Crippen LogP contribution in [0.2, 0.25) is 0 Å². The van der Waals surface area contributed by atoms with Crippen LogP contribution >= 0.6 is 0 Å². The van der Waals surface area contributed by atoms with Gasteiger partial charge >= 0.3 is 6.18 Å². The van der Waals surface area contributed by atoms with E-state index in [9.17, 15) is 13.2 Å². The summed E-state index contributed by atoms with van der Waals surface area (Å²) in [7, 11) is 1.60. The van der Waals surface area contributed by atoms with E-state index in [-0.39, 0.29) is 19.1 Å². The lowest BCUT2D eigenvalue weighted by molar-refractivity contribution is -0.177. The van der Waals surface area contributed by atoms with Gasteiger partial charge in [0.2, 0.25) is 0 Å². The van der Waals surface area contributed by atoms with E-state index in [1.165, 1.54) is 0 Å². The third-order valence-corrected chi connectivity index (χ3v) is 3.38. The standard InChI is InChI=1S/C12H23F3N2O/c1-3-4-11(9-18-2)17-6-5-16-7-10(8-17)12(13,14)15/h10-11,16H,3-9H2,1-2H3. The Hall–Kier alpha value is -0.330. The van der Waals surface area contributed by atoms with Crippen molar-refractivity contribution in [2.45, 2.75) is 32.0 Å². The van der Waals surface area contributed by atoms with Crippen molar-refractivity contribution < 1.29 is 17.9 Å². The highest BCUT2D eigenvalue weighted by atomic mass is 19.4. The van der Waals surface area contributed by atoms with Gasteiger partial charge in [-0.3, -0.25) is 4.90 Å². The average Bonchev–Trinajstić information content (AvgIpc) is 2.53. The minimum Gasteiger partial charge on any atom is -0.383 e. The predicted octanol–water partition coefficient (Wildman–Crippen LogP) is 1.89. The molecule has 0 aromatic heterocycles. The van der Waals surface area contributed by atoms with Crippen LogP contribution in [0.3, 0.4) is 0 Å². The topological polar surface area (TPSA) is 24.5 Å². The molecule has 0 radical (unpaired) electrons. The number of halogens is 3. The van der Waals surface area contributed by atoms with Crippen molar-refractivity contribution in [1.29, 1.82) is 0 Å². The van der Waals surface area contributed by atoms with Crippen molar-refractivity contribution >= 4 is 0 Å². The molecular formula is C12H23F3N2O. The highest BCUT2D eigenvalue weighted by Crippen LogP contribution is 2.28. The summed E-state index contributed by atoms with van der Waals surface area (Å²) in [6.07, 6.45) is -2.30. The van der Waals surface area contributed by atoms with E-state index in [1.807, 2.05) is 11.8 Å². The fourth-order valence-corrected chi connectivity index (χ4v) is 2.39. The Balaban J connectivity index is 2.66. The quantitative estimate of drug-likeness (QED) is 0.824. The Bertz CT molecular complexity index is 230. The second-order valence-corrected chi connectivity index (χ2v) is 4.84. The maximum atomic E-state index is 12.8. The van der Waals surface area contributed by atoms with E-state index >= 15 is 0 Å². The van der Waals surface area contributed by atoms with Gasteiger partial charge in [-0.15, -0.1) is 0 Å². The van der Waals surface area contributed by atoms with Gasteiger partial charge in [-0.25, -0.2) is 0 Å². The number of rotatable bonds is 5. The van der Waals surface area contributed by atoms with Gasteiger partial charge in [0.05, 0.1) is 12.5 Å². The molecule has 0 bridgehead atoms. The van der Waals surface area contributed by atoms with Gasteiger partial charge in [0.15, 0.2) is 0 Å². The van der Waals surface area contributed by atoms with Gasteiger partial charge in [-0.1, -0.05) is 13.3 Å². The van der Waals surface area contributed by atoms with Crippen LogP contribution in [0.5, 0.6) is 0 Å². The van der Waals surface area contributed by atoms with Gasteiger partial charge in [0.25, 0.3) is 0 Å². The van der Waals surface area contributed by atoms with Crippen molar-refractivity contribution in [3.8, 4) is 0 Å². The first kappa shape index (κ1) is 15.7. The van der Waals surface area contributed by atoms with Crippen molar-refractivity contribution in [3.05, 3.63) is 0 Å². The van der Waals surface area contributed by atoms with E-state index in [1.54, 1.807) is 7.11 Å². The molecule has 1 fully saturated rings. The Labute approximate surface area is 107 Å². The third-order valence-electron chi connectivity index (χ3n) is 3.38. The molecule has 108 valence electrons. The molecule has 1 aliphatic heterocycles. The molecule has 1 aliphatic rings. The normalized spacial score (nSPS) is 24.8. The Morgan fingerprint density at radius 2 is 2.17 bits per heavy atom. The Morgan fingerprint density at radius 1 is 1.44 bits per heavy atom. The zero-order valence-corrected chi connectivity index (χ0v) is 11.1. The van der Waals surface area contributed by atoms with Crippen LogP contribution in [0.1, 0.15) is 19.8 Å². The minimum absolute atomic E-state index is 0.0197. The molecule has 1 heterocycles. The number of ether oxygens (including phenoxy) is 1. The van der Waals surface area contributed by atoms with E-state index < -0.39 is 12.1 Å². The van der Waals surface area contributed by atoms with Gasteiger partial charge in [-0.2, -0.15) is 13.2 Å². The lowest BCUT2D eigenvalue weighted by Crippen LogP contribution is -2.44. The molecule has 2 atom stereocenters. The van der Waals surface area contributed by atoms with Gasteiger partial charge in [0.1, 0.15) is 0 Å². The summed E-state index contributed by atoms with van der Waals surface area (Å²) in [6.45, 7) is 3.89. The van der Waals surface area contributed by atoms with Crippen LogP contribution in [0.15, 0.2) is 0 Å². The highest BCUT2D eigenvalue weighted by molar-refractivity contribution is 4.82. The maximum absolute atomic E-state index is 12.8. The molecular weight excluding hydrogens is 245 g/mol. The van der Waals surface area contributed by atoms with E-state index in [2.05, 4.69) is 5.32 Å². The number of alkyl halides is 3. The monoisotopic (exact) mass is 268 g/mol. The zero-order valence-electron chi connectivity index (χ0n) is 11.1. The molecule has 0 aliphatic carbocycles. The summed E-state index contributed by atoms with van der Waals surface area (Å²) >= 11 is 0. The van der Waals surface area contributed by atoms with Crippen molar-refractivity contribution in [2.24, 2.45) is 5.92 Å². The molecule has 3 nitrogen and oxygen atoms in total. The molecule has 0 aromatic carbocycles. The number of nitrogens with one attached hydrogen (secondary N) is 1. The predicted molar refractivity (Wildman–Crippen MR) is 64.6 cm³/mol. The summed E-state index contributed by atoms with van der Waals surface area (Å²) in [5.41, 5.74) is 0.